The summed E-state index contributed by atoms with van der Waals surface area (Å²) in [5, 5.41) is 33.9. The van der Waals surface area contributed by atoms with Crippen molar-refractivity contribution in [3.8, 4) is 52.7 Å². The van der Waals surface area contributed by atoms with E-state index in [2.05, 4.69) is 87.0 Å². The van der Waals surface area contributed by atoms with Crippen LogP contribution < -0.4 is 28.4 Å². The molecule has 0 bridgehead atoms. The number of nitriles is 3. The molecule has 0 radical (unpaired) electrons. The van der Waals surface area contributed by atoms with Crippen LogP contribution in [0.4, 0.5) is 0 Å². The fourth-order valence-electron chi connectivity index (χ4n) is 17.3. The number of rotatable bonds is 53. The summed E-state index contributed by atoms with van der Waals surface area (Å²) in [4.78, 5) is 0. The van der Waals surface area contributed by atoms with E-state index in [4.69, 9.17) is 80.1 Å². The van der Waals surface area contributed by atoms with E-state index in [1.54, 1.807) is 42.7 Å². The molecular weight excluding hydrogens is 1580 g/mol. The Morgan fingerprint density at radius 2 is 0.556 bits per heavy atom. The number of ether oxygens (including phenoxy) is 15. The topological polar surface area (TPSA) is 241 Å². The summed E-state index contributed by atoms with van der Waals surface area (Å²) in [6.07, 6.45) is 1.99. The molecule has 0 saturated carbocycles. The summed E-state index contributed by atoms with van der Waals surface area (Å²) >= 11 is 0. The maximum absolute atomic E-state index is 11.5. The highest BCUT2D eigenvalue weighted by atomic mass is 31.2. The van der Waals surface area contributed by atoms with Gasteiger partial charge in [-0.2, -0.15) is 24.8 Å². The maximum atomic E-state index is 11.5. The van der Waals surface area contributed by atoms with Crippen molar-refractivity contribution in [3.63, 3.8) is 0 Å². The van der Waals surface area contributed by atoms with Crippen LogP contribution in [-0.4, -0.2) is 173 Å². The van der Waals surface area contributed by atoms with Crippen LogP contribution in [0, 0.1) is 51.7 Å². The molecule has 3 aliphatic heterocycles. The van der Waals surface area contributed by atoms with E-state index in [0.717, 1.165) is 84.6 Å². The lowest BCUT2D eigenvalue weighted by Crippen LogP contribution is -2.42. The monoisotopic (exact) mass is 1710 g/mol. The van der Waals surface area contributed by atoms with Gasteiger partial charge in [0, 0.05) is 31.9 Å². The van der Waals surface area contributed by atoms with Gasteiger partial charge in [0.05, 0.1) is 135 Å². The second-order valence-corrected chi connectivity index (χ2v) is 35.8. The Labute approximate surface area is 734 Å². The Kier molecular flexibility index (Phi) is 32.7. The highest BCUT2D eigenvalue weighted by Gasteiger charge is 2.61. The molecule has 9 atom stereocenters. The standard InChI is InChI=1S/C102H122N4O17P/c1-74(2)106(75(3)4)124(73-78(67-105)64-99(7)96(123-99)72-115-58-25-61-118-102(81-30-21-16-22-31-81,86-40-52-92(111-12)53-41-86)87-42-54-93(112-13)55-43-87,119-68-76(65-103)62-97(5)94(121-97)70-113-56-23-59-116-100(79-26-17-14-18-27-79,82-32-44-88(107-8)45-33-82)83-34-46-89(108-9)47-35-83)120-69-77(66-104)63-98(6)95(122-98)71-114-57-24-60-117-101(80-28-19-15-20-29-80,84-36-48-90(109-10)49-37-84)85-38-50-91(110-11)51-39-85/h14-22,26-55,74-78,94-96H,23-25,56-64,68-73H2,1-13H3/q+1. The number of methoxy groups -OCH3 is 6. The maximum Gasteiger partial charge on any atom is 0.350 e. The zero-order chi connectivity index (χ0) is 87.8. The van der Waals surface area contributed by atoms with Crippen LogP contribution in [0.15, 0.2) is 237 Å². The molecule has 3 fully saturated rings. The molecule has 12 rings (SSSR count). The molecule has 3 saturated heterocycles. The van der Waals surface area contributed by atoms with Crippen molar-refractivity contribution in [1.82, 2.24) is 4.67 Å². The van der Waals surface area contributed by atoms with Crippen LogP contribution in [0.5, 0.6) is 34.5 Å². The minimum atomic E-state index is -3.44. The molecule has 3 heterocycles. The van der Waals surface area contributed by atoms with Crippen LogP contribution in [-0.2, 0) is 68.5 Å². The van der Waals surface area contributed by atoms with Crippen molar-refractivity contribution >= 4 is 7.87 Å². The van der Waals surface area contributed by atoms with Crippen molar-refractivity contribution < 1.29 is 80.1 Å². The Hall–Kier alpha value is -9.80. The highest BCUT2D eigenvalue weighted by Crippen LogP contribution is 2.68. The normalized spacial score (nSPS) is 19.8. The van der Waals surface area contributed by atoms with E-state index in [-0.39, 0.29) is 49.8 Å². The second kappa shape index (κ2) is 43.4. The summed E-state index contributed by atoms with van der Waals surface area (Å²) < 4.78 is 110. The Balaban J connectivity index is 0.709. The van der Waals surface area contributed by atoms with Crippen LogP contribution >= 0.6 is 7.87 Å². The van der Waals surface area contributed by atoms with E-state index in [1.807, 2.05) is 221 Å². The first-order valence-corrected chi connectivity index (χ1v) is 44.8. The molecule has 22 heteroatoms. The van der Waals surface area contributed by atoms with E-state index in [1.165, 1.54) is 0 Å². The number of benzene rings is 9. The second-order valence-electron chi connectivity index (χ2n) is 33.2. The molecule has 0 aromatic heterocycles. The fraction of sp³-hybridized carbons (Fsp3) is 0.441. The van der Waals surface area contributed by atoms with E-state index in [0.29, 0.717) is 98.0 Å². The molecular formula is C102H122N4O17P+. The van der Waals surface area contributed by atoms with Crippen molar-refractivity contribution in [2.24, 2.45) is 17.8 Å². The lowest BCUT2D eigenvalue weighted by molar-refractivity contribution is -0.00166. The third-order valence-corrected chi connectivity index (χ3v) is 27.6. The number of hydrogen-bond acceptors (Lipinski definition) is 21. The molecule has 9 unspecified atom stereocenters. The van der Waals surface area contributed by atoms with Crippen molar-refractivity contribution in [3.05, 3.63) is 287 Å². The Morgan fingerprint density at radius 1 is 0.331 bits per heavy atom. The van der Waals surface area contributed by atoms with Gasteiger partial charge in [-0.25, -0.2) is 0 Å². The van der Waals surface area contributed by atoms with Crippen LogP contribution in [0.2, 0.25) is 0 Å². The van der Waals surface area contributed by atoms with Gasteiger partial charge in [0.2, 0.25) is 0 Å². The number of hydrogen-bond donors (Lipinski definition) is 0. The van der Waals surface area contributed by atoms with Gasteiger partial charge in [-0.1, -0.05) is 164 Å². The minimum Gasteiger partial charge on any atom is -0.497 e. The van der Waals surface area contributed by atoms with Crippen molar-refractivity contribution in [1.29, 1.82) is 15.8 Å². The third-order valence-electron chi connectivity index (χ3n) is 24.0. The summed E-state index contributed by atoms with van der Waals surface area (Å²) in [6, 6.07) is 85.9. The summed E-state index contributed by atoms with van der Waals surface area (Å²) in [6.45, 7) is 17.5. The molecule has 124 heavy (non-hydrogen) atoms. The third kappa shape index (κ3) is 22.3. The average Bonchev–Trinajstić information content (AvgIpc) is 1.28. The van der Waals surface area contributed by atoms with Gasteiger partial charge in [-0.05, 0) is 210 Å². The lowest BCUT2D eigenvalue weighted by atomic mass is 9.80. The van der Waals surface area contributed by atoms with Crippen molar-refractivity contribution in [2.75, 3.05) is 121 Å². The zero-order valence-corrected chi connectivity index (χ0v) is 74.9. The molecule has 3 aliphatic rings. The first kappa shape index (κ1) is 93.4. The first-order valence-electron chi connectivity index (χ1n) is 43.0. The van der Waals surface area contributed by atoms with E-state index >= 15 is 0 Å². The quantitative estimate of drug-likeness (QED) is 0.0149. The average molecular weight is 1710 g/mol. The Morgan fingerprint density at radius 3 is 0.774 bits per heavy atom. The molecule has 9 aromatic carbocycles. The van der Waals surface area contributed by atoms with E-state index in [9.17, 15) is 15.8 Å². The molecule has 0 aliphatic carbocycles. The first-order chi connectivity index (χ1) is 60.2. The summed E-state index contributed by atoms with van der Waals surface area (Å²) in [5.41, 5.74) is 3.42. The smallest absolute Gasteiger partial charge is 0.350 e. The van der Waals surface area contributed by atoms with Crippen molar-refractivity contribution in [2.45, 2.75) is 151 Å². The lowest BCUT2D eigenvalue weighted by Gasteiger charge is -2.39. The molecule has 21 nitrogen and oxygen atoms in total. The largest absolute Gasteiger partial charge is 0.497 e. The van der Waals surface area contributed by atoms with Gasteiger partial charge in [-0.15, -0.1) is 4.67 Å². The van der Waals surface area contributed by atoms with Crippen LogP contribution in [0.1, 0.15) is 137 Å². The molecule has 656 valence electrons. The highest BCUT2D eigenvalue weighted by molar-refractivity contribution is 7.64. The van der Waals surface area contributed by atoms with Gasteiger partial charge in [0.25, 0.3) is 0 Å². The molecule has 0 amide bonds. The molecule has 0 spiro atoms. The Bertz CT molecular complexity index is 4540. The number of nitrogens with zero attached hydrogens (tertiary/aromatic N) is 4. The number of epoxide rings is 3. The van der Waals surface area contributed by atoms with Gasteiger partial charge in [-0.3, -0.25) is 0 Å². The molecule has 9 aromatic rings. The van der Waals surface area contributed by atoms with E-state index < -0.39 is 59.2 Å². The summed E-state index contributed by atoms with van der Waals surface area (Å²) in [7, 11) is 6.48. The predicted molar refractivity (Wildman–Crippen MR) is 478 cm³/mol. The zero-order valence-electron chi connectivity index (χ0n) is 74.0. The minimum absolute atomic E-state index is 0.0346. The summed E-state index contributed by atoms with van der Waals surface area (Å²) in [5.74, 6) is 2.41. The predicted octanol–water partition coefficient (Wildman–Crippen LogP) is 19.3. The van der Waals surface area contributed by atoms with Gasteiger partial charge in [0.15, 0.2) is 0 Å². The fourth-order valence-corrected chi connectivity index (χ4v) is 21.0. The van der Waals surface area contributed by atoms with Gasteiger partial charge in [0.1, 0.15) is 89.0 Å². The molecule has 0 N–H and O–H groups in total. The van der Waals surface area contributed by atoms with Gasteiger partial charge < -0.3 is 71.1 Å². The van der Waals surface area contributed by atoms with Crippen LogP contribution in [0.3, 0.4) is 0 Å². The SMILES string of the molecule is COc1ccc(C(OCCCOCC2OC2(C)CC(C#N)CO[P+](CC(C#N)CC2(C)OC2COCCCOC(c2ccccc2)(c2ccc(OC)cc2)c2ccc(OC)cc2)(OCC(C#N)CC2(C)OC2COCCCOC(c2ccccc2)(c2ccc(OC)cc2)c2ccc(OC)cc2)N(C(C)C)C(C)C)(c2ccccc2)c2ccc(OC)cc2)cc1. The van der Waals surface area contributed by atoms with Crippen LogP contribution in [0.25, 0.3) is 0 Å². The van der Waals surface area contributed by atoms with Gasteiger partial charge >= 0.3 is 7.87 Å².